The molecule has 7 nitrogen and oxygen atoms in total. The van der Waals surface area contributed by atoms with Gasteiger partial charge in [0.25, 0.3) is 0 Å². The summed E-state index contributed by atoms with van der Waals surface area (Å²) >= 11 is 0. The predicted octanol–water partition coefficient (Wildman–Crippen LogP) is 4.85. The Kier molecular flexibility index (Phi) is 4.25. The fourth-order valence-electron chi connectivity index (χ4n) is 2.76. The molecule has 0 unspecified atom stereocenters. The van der Waals surface area contributed by atoms with Gasteiger partial charge in [0.2, 0.25) is 5.95 Å². The number of nitrogens with zero attached hydrogens (tertiary/aromatic N) is 5. The molecule has 0 aliphatic rings. The van der Waals surface area contributed by atoms with E-state index in [1.54, 1.807) is 30.7 Å². The second-order valence-corrected chi connectivity index (χ2v) is 6.23. The molecule has 132 valence electrons. The van der Waals surface area contributed by atoms with Crippen LogP contribution in [0.5, 0.6) is 0 Å². The minimum atomic E-state index is 0.375. The third kappa shape index (κ3) is 3.48. The summed E-state index contributed by atoms with van der Waals surface area (Å²) in [4.78, 5) is 28.4. The Balaban J connectivity index is 1.68. The van der Waals surface area contributed by atoms with Gasteiger partial charge in [-0.05, 0) is 54.9 Å². The summed E-state index contributed by atoms with van der Waals surface area (Å²) in [6.07, 6.45) is 5.18. The maximum atomic E-state index is 10.8. The first kappa shape index (κ1) is 16.7. The molecule has 0 atom stereocenters. The lowest BCUT2D eigenvalue weighted by Gasteiger charge is -2.08. The van der Waals surface area contributed by atoms with Gasteiger partial charge < -0.3 is 5.32 Å². The monoisotopic (exact) mass is 356 g/mol. The molecule has 0 fully saturated rings. The summed E-state index contributed by atoms with van der Waals surface area (Å²) in [7, 11) is 0. The van der Waals surface area contributed by atoms with Crippen molar-refractivity contribution in [3.05, 3.63) is 71.2 Å². The summed E-state index contributed by atoms with van der Waals surface area (Å²) in [5, 5.41) is 6.99. The Bertz CT molecular complexity index is 1140. The number of hydrogen-bond donors (Lipinski definition) is 1. The van der Waals surface area contributed by atoms with Crippen molar-refractivity contribution in [1.82, 2.24) is 19.9 Å². The fourth-order valence-corrected chi connectivity index (χ4v) is 2.76. The highest BCUT2D eigenvalue weighted by Gasteiger charge is 2.08. The largest absolute Gasteiger partial charge is 0.323 e. The smallest absolute Gasteiger partial charge is 0.227 e. The van der Waals surface area contributed by atoms with Crippen LogP contribution in [0, 0.1) is 18.8 Å². The average molecular weight is 356 g/mol. The number of benzene rings is 1. The van der Waals surface area contributed by atoms with Crippen LogP contribution in [0.25, 0.3) is 22.2 Å². The van der Waals surface area contributed by atoms with Crippen molar-refractivity contribution in [2.24, 2.45) is 5.18 Å². The standard InChI is InChI=1S/C20H16N6O/c1-12-3-5-15(26-27)8-17(12)18-7-14-9-23-20(25-19(14)11-22-18)24-16-6-4-13(2)21-10-16/h3-11H,1-2H3,(H,23,24,25). The van der Waals surface area contributed by atoms with Gasteiger partial charge in [0.1, 0.15) is 5.69 Å². The van der Waals surface area contributed by atoms with Crippen molar-refractivity contribution in [3.63, 3.8) is 0 Å². The van der Waals surface area contributed by atoms with Gasteiger partial charge in [-0.1, -0.05) is 6.07 Å². The normalized spacial score (nSPS) is 10.7. The average Bonchev–Trinajstić information content (AvgIpc) is 2.70. The number of aryl methyl sites for hydroxylation is 2. The highest BCUT2D eigenvalue weighted by Crippen LogP contribution is 2.28. The molecule has 4 rings (SSSR count). The zero-order valence-electron chi connectivity index (χ0n) is 14.8. The molecule has 27 heavy (non-hydrogen) atoms. The summed E-state index contributed by atoms with van der Waals surface area (Å²) in [5.74, 6) is 0.478. The molecule has 1 aromatic carbocycles. The van der Waals surface area contributed by atoms with Crippen LogP contribution in [0.4, 0.5) is 17.3 Å². The Hall–Kier alpha value is -3.74. The van der Waals surface area contributed by atoms with Gasteiger partial charge in [0.05, 0.1) is 29.3 Å². The topological polar surface area (TPSA) is 93.0 Å². The molecule has 0 aliphatic carbocycles. The van der Waals surface area contributed by atoms with Crippen LogP contribution in [0.15, 0.2) is 60.2 Å². The first-order valence-electron chi connectivity index (χ1n) is 8.39. The Labute approximate surface area is 155 Å². The number of nitrogens with one attached hydrogen (secondary N) is 1. The summed E-state index contributed by atoms with van der Waals surface area (Å²) in [6, 6.07) is 11.0. The van der Waals surface area contributed by atoms with Gasteiger partial charge in [-0.3, -0.25) is 9.97 Å². The van der Waals surface area contributed by atoms with E-state index in [9.17, 15) is 4.91 Å². The minimum absolute atomic E-state index is 0.375. The number of rotatable bonds is 4. The van der Waals surface area contributed by atoms with Crippen LogP contribution >= 0.6 is 0 Å². The maximum absolute atomic E-state index is 10.8. The Morgan fingerprint density at radius 3 is 2.59 bits per heavy atom. The summed E-state index contributed by atoms with van der Waals surface area (Å²) in [5.41, 5.74) is 5.48. The zero-order chi connectivity index (χ0) is 18.8. The van der Waals surface area contributed by atoms with E-state index >= 15 is 0 Å². The minimum Gasteiger partial charge on any atom is -0.323 e. The van der Waals surface area contributed by atoms with Crippen LogP contribution in [0.3, 0.4) is 0 Å². The highest BCUT2D eigenvalue weighted by atomic mass is 16.3. The first-order valence-corrected chi connectivity index (χ1v) is 8.39. The summed E-state index contributed by atoms with van der Waals surface area (Å²) < 4.78 is 0. The molecular formula is C20H16N6O. The second kappa shape index (κ2) is 6.87. The van der Waals surface area contributed by atoms with Crippen molar-refractivity contribution in [2.45, 2.75) is 13.8 Å². The quantitative estimate of drug-likeness (QED) is 0.526. The van der Waals surface area contributed by atoms with E-state index in [-0.39, 0.29) is 0 Å². The highest BCUT2D eigenvalue weighted by molar-refractivity contribution is 5.83. The Morgan fingerprint density at radius 1 is 0.926 bits per heavy atom. The summed E-state index contributed by atoms with van der Waals surface area (Å²) in [6.45, 7) is 3.90. The maximum Gasteiger partial charge on any atom is 0.227 e. The molecule has 0 radical (unpaired) electrons. The number of pyridine rings is 2. The Morgan fingerprint density at radius 2 is 1.81 bits per heavy atom. The van der Waals surface area contributed by atoms with E-state index in [0.717, 1.165) is 39.1 Å². The fraction of sp³-hybridized carbons (Fsp3) is 0.100. The van der Waals surface area contributed by atoms with Crippen molar-refractivity contribution in [3.8, 4) is 11.3 Å². The number of nitroso groups, excluding NO2 is 1. The molecule has 0 aliphatic heterocycles. The van der Waals surface area contributed by atoms with Gasteiger partial charge >= 0.3 is 0 Å². The molecule has 0 saturated heterocycles. The number of aromatic nitrogens is 4. The SMILES string of the molecule is Cc1ccc(Nc2ncc3cc(-c4cc(N=O)ccc4C)ncc3n2)cn1. The van der Waals surface area contributed by atoms with E-state index in [1.807, 2.05) is 38.1 Å². The lowest BCUT2D eigenvalue weighted by Crippen LogP contribution is -1.98. The van der Waals surface area contributed by atoms with Crippen molar-refractivity contribution in [2.75, 3.05) is 5.32 Å². The predicted molar refractivity (Wildman–Crippen MR) is 105 cm³/mol. The molecule has 0 bridgehead atoms. The van der Waals surface area contributed by atoms with Gasteiger partial charge in [-0.15, -0.1) is 4.91 Å². The zero-order valence-corrected chi connectivity index (χ0v) is 14.8. The number of fused-ring (bicyclic) bond motifs is 1. The van der Waals surface area contributed by atoms with Gasteiger partial charge in [-0.25, -0.2) is 9.97 Å². The molecule has 3 aromatic heterocycles. The molecule has 3 heterocycles. The molecule has 0 saturated carbocycles. The molecule has 7 heteroatoms. The lowest BCUT2D eigenvalue weighted by atomic mass is 10.0. The van der Waals surface area contributed by atoms with E-state index < -0.39 is 0 Å². The van der Waals surface area contributed by atoms with Crippen LogP contribution in [0.1, 0.15) is 11.3 Å². The van der Waals surface area contributed by atoms with Crippen LogP contribution < -0.4 is 5.32 Å². The third-order valence-electron chi connectivity index (χ3n) is 4.24. The van der Waals surface area contributed by atoms with E-state index in [2.05, 4.69) is 30.4 Å². The van der Waals surface area contributed by atoms with E-state index in [4.69, 9.17) is 0 Å². The van der Waals surface area contributed by atoms with E-state index in [0.29, 0.717) is 11.6 Å². The van der Waals surface area contributed by atoms with Crippen molar-refractivity contribution in [1.29, 1.82) is 0 Å². The molecule has 1 N–H and O–H groups in total. The number of anilines is 2. The second-order valence-electron chi connectivity index (χ2n) is 6.23. The van der Waals surface area contributed by atoms with Crippen molar-refractivity contribution < 1.29 is 0 Å². The van der Waals surface area contributed by atoms with Gasteiger partial charge in [0.15, 0.2) is 0 Å². The molecular weight excluding hydrogens is 340 g/mol. The molecule has 0 spiro atoms. The van der Waals surface area contributed by atoms with Crippen LogP contribution in [-0.4, -0.2) is 19.9 Å². The number of hydrogen-bond acceptors (Lipinski definition) is 7. The third-order valence-corrected chi connectivity index (χ3v) is 4.24. The van der Waals surface area contributed by atoms with Crippen LogP contribution in [0.2, 0.25) is 0 Å². The van der Waals surface area contributed by atoms with Gasteiger partial charge in [-0.2, -0.15) is 0 Å². The first-order chi connectivity index (χ1) is 13.1. The molecule has 0 amide bonds. The van der Waals surface area contributed by atoms with E-state index in [1.165, 1.54) is 0 Å². The lowest BCUT2D eigenvalue weighted by molar-refractivity contribution is 1.17. The molecule has 4 aromatic rings. The van der Waals surface area contributed by atoms with Gasteiger partial charge in [0, 0.05) is 22.8 Å². The van der Waals surface area contributed by atoms with Crippen LogP contribution in [-0.2, 0) is 0 Å². The van der Waals surface area contributed by atoms with Crippen molar-refractivity contribution >= 4 is 28.2 Å².